The van der Waals surface area contributed by atoms with Gasteiger partial charge in [0.25, 0.3) is 0 Å². The maximum absolute atomic E-state index is 4.81. The Bertz CT molecular complexity index is 604. The summed E-state index contributed by atoms with van der Waals surface area (Å²) in [5.74, 6) is 1.09. The largest absolute Gasteiger partial charge is 0.353 e. The normalized spacial score (nSPS) is 15.1. The summed E-state index contributed by atoms with van der Waals surface area (Å²) in [7, 11) is 1.98. The molecule has 0 aliphatic carbocycles. The van der Waals surface area contributed by atoms with E-state index in [1.54, 1.807) is 0 Å². The second-order valence-corrected chi connectivity index (χ2v) is 4.89. The monoisotopic (exact) mass is 253 g/mol. The Labute approximate surface area is 114 Å². The summed E-state index contributed by atoms with van der Waals surface area (Å²) in [6, 6.07) is 10.6. The van der Waals surface area contributed by atoms with E-state index in [-0.39, 0.29) is 0 Å². The summed E-state index contributed by atoms with van der Waals surface area (Å²) >= 11 is 0. The van der Waals surface area contributed by atoms with Crippen LogP contribution < -0.4 is 10.2 Å². The molecule has 1 N–H and O–H groups in total. The molecule has 0 atom stereocenters. The highest BCUT2D eigenvalue weighted by molar-refractivity contribution is 5.84. The van der Waals surface area contributed by atoms with Gasteiger partial charge in [-0.1, -0.05) is 30.4 Å². The van der Waals surface area contributed by atoms with Crippen LogP contribution in [0.3, 0.4) is 0 Å². The SMILES string of the molecule is CNCc1cc(N2CC=CCC2)nc2ccccc12. The van der Waals surface area contributed by atoms with Crippen LogP contribution in [0.1, 0.15) is 12.0 Å². The summed E-state index contributed by atoms with van der Waals surface area (Å²) in [5, 5.41) is 4.49. The molecule has 0 unspecified atom stereocenters. The molecule has 0 saturated heterocycles. The van der Waals surface area contributed by atoms with E-state index in [1.165, 1.54) is 10.9 Å². The Morgan fingerprint density at radius 1 is 1.26 bits per heavy atom. The Morgan fingerprint density at radius 2 is 2.16 bits per heavy atom. The van der Waals surface area contributed by atoms with Crippen LogP contribution in [0.15, 0.2) is 42.5 Å². The van der Waals surface area contributed by atoms with Crippen LogP contribution >= 0.6 is 0 Å². The van der Waals surface area contributed by atoms with Gasteiger partial charge in [0.05, 0.1) is 5.52 Å². The molecule has 1 aromatic heterocycles. The van der Waals surface area contributed by atoms with Crippen molar-refractivity contribution in [1.82, 2.24) is 10.3 Å². The van der Waals surface area contributed by atoms with E-state index >= 15 is 0 Å². The third-order valence-corrected chi connectivity index (χ3v) is 3.54. The molecule has 0 spiro atoms. The highest BCUT2D eigenvalue weighted by Gasteiger charge is 2.11. The van der Waals surface area contributed by atoms with Gasteiger partial charge in [-0.3, -0.25) is 0 Å². The van der Waals surface area contributed by atoms with Crippen molar-refractivity contribution in [3.05, 3.63) is 48.0 Å². The van der Waals surface area contributed by atoms with Gasteiger partial charge >= 0.3 is 0 Å². The fourth-order valence-electron chi connectivity index (χ4n) is 2.58. The number of para-hydroxylation sites is 1. The van der Waals surface area contributed by atoms with E-state index in [4.69, 9.17) is 4.98 Å². The molecule has 0 saturated carbocycles. The van der Waals surface area contributed by atoms with Crippen LogP contribution in [0.2, 0.25) is 0 Å². The van der Waals surface area contributed by atoms with Gasteiger partial charge in [-0.2, -0.15) is 0 Å². The summed E-state index contributed by atoms with van der Waals surface area (Å²) < 4.78 is 0. The van der Waals surface area contributed by atoms with Crippen molar-refractivity contribution < 1.29 is 0 Å². The number of nitrogens with zero attached hydrogens (tertiary/aromatic N) is 2. The molecule has 1 aliphatic heterocycles. The van der Waals surface area contributed by atoms with Crippen molar-refractivity contribution in [2.75, 3.05) is 25.0 Å². The Balaban J connectivity index is 2.07. The topological polar surface area (TPSA) is 28.2 Å². The molecule has 1 aliphatic rings. The first-order valence-corrected chi connectivity index (χ1v) is 6.81. The molecule has 0 fully saturated rings. The van der Waals surface area contributed by atoms with Crippen LogP contribution in [0.4, 0.5) is 5.82 Å². The van der Waals surface area contributed by atoms with E-state index in [0.29, 0.717) is 0 Å². The van der Waals surface area contributed by atoms with Crippen LogP contribution in [-0.2, 0) is 6.54 Å². The van der Waals surface area contributed by atoms with E-state index < -0.39 is 0 Å². The molecule has 3 rings (SSSR count). The maximum atomic E-state index is 4.81. The molecule has 3 nitrogen and oxygen atoms in total. The standard InChI is InChI=1S/C16H19N3/c1-17-12-13-11-16(19-9-5-2-6-10-19)18-15-8-4-3-7-14(13)15/h2-5,7-8,11,17H,6,9-10,12H2,1H3. The average Bonchev–Trinajstić information content (AvgIpc) is 2.48. The van der Waals surface area contributed by atoms with E-state index in [2.05, 4.69) is 52.7 Å². The predicted molar refractivity (Wildman–Crippen MR) is 80.5 cm³/mol. The lowest BCUT2D eigenvalue weighted by molar-refractivity contribution is 0.797. The number of hydrogen-bond acceptors (Lipinski definition) is 3. The molecule has 1 aromatic carbocycles. The minimum Gasteiger partial charge on any atom is -0.353 e. The lowest BCUT2D eigenvalue weighted by Crippen LogP contribution is -2.27. The first-order valence-electron chi connectivity index (χ1n) is 6.81. The van der Waals surface area contributed by atoms with Crippen molar-refractivity contribution in [1.29, 1.82) is 0 Å². The maximum Gasteiger partial charge on any atom is 0.129 e. The predicted octanol–water partition coefficient (Wildman–Crippen LogP) is 2.72. The van der Waals surface area contributed by atoms with E-state index in [0.717, 1.165) is 37.4 Å². The quantitative estimate of drug-likeness (QED) is 0.853. The molecule has 0 bridgehead atoms. The highest BCUT2D eigenvalue weighted by atomic mass is 15.2. The fourth-order valence-corrected chi connectivity index (χ4v) is 2.58. The number of hydrogen-bond donors (Lipinski definition) is 1. The van der Waals surface area contributed by atoms with Gasteiger partial charge in [-0.05, 0) is 31.2 Å². The number of benzene rings is 1. The number of rotatable bonds is 3. The van der Waals surface area contributed by atoms with Crippen molar-refractivity contribution in [2.24, 2.45) is 0 Å². The molecule has 19 heavy (non-hydrogen) atoms. The molecule has 98 valence electrons. The van der Waals surface area contributed by atoms with E-state index in [9.17, 15) is 0 Å². The summed E-state index contributed by atoms with van der Waals surface area (Å²) in [5.41, 5.74) is 2.40. The molecular formula is C16H19N3. The number of pyridine rings is 1. The van der Waals surface area contributed by atoms with Gasteiger partial charge < -0.3 is 10.2 Å². The lowest BCUT2D eigenvalue weighted by atomic mass is 10.1. The van der Waals surface area contributed by atoms with Crippen molar-refractivity contribution in [3.63, 3.8) is 0 Å². The number of fused-ring (bicyclic) bond motifs is 1. The number of nitrogens with one attached hydrogen (secondary N) is 1. The highest BCUT2D eigenvalue weighted by Crippen LogP contribution is 2.24. The van der Waals surface area contributed by atoms with Gasteiger partial charge in [-0.15, -0.1) is 0 Å². The zero-order valence-corrected chi connectivity index (χ0v) is 11.3. The first kappa shape index (κ1) is 12.2. The molecule has 0 radical (unpaired) electrons. The van der Waals surface area contributed by atoms with Crippen molar-refractivity contribution >= 4 is 16.7 Å². The second-order valence-electron chi connectivity index (χ2n) is 4.89. The van der Waals surface area contributed by atoms with Crippen LogP contribution in [-0.4, -0.2) is 25.1 Å². The van der Waals surface area contributed by atoms with Gasteiger partial charge in [0, 0.05) is 25.0 Å². The number of aromatic nitrogens is 1. The van der Waals surface area contributed by atoms with Crippen LogP contribution in [0.25, 0.3) is 10.9 Å². The first-order chi connectivity index (χ1) is 9.38. The minimum atomic E-state index is 0.875. The zero-order chi connectivity index (χ0) is 13.1. The summed E-state index contributed by atoms with van der Waals surface area (Å²) in [4.78, 5) is 7.14. The summed E-state index contributed by atoms with van der Waals surface area (Å²) in [6.45, 7) is 2.89. The summed E-state index contributed by atoms with van der Waals surface area (Å²) in [6.07, 6.45) is 5.57. The van der Waals surface area contributed by atoms with Gasteiger partial charge in [0.15, 0.2) is 0 Å². The molecule has 2 aromatic rings. The molecule has 0 amide bonds. The Hall–Kier alpha value is -1.87. The van der Waals surface area contributed by atoms with Gasteiger partial charge in [-0.25, -0.2) is 4.98 Å². The zero-order valence-electron chi connectivity index (χ0n) is 11.3. The molecule has 2 heterocycles. The van der Waals surface area contributed by atoms with E-state index in [1.807, 2.05) is 7.05 Å². The number of anilines is 1. The lowest BCUT2D eigenvalue weighted by Gasteiger charge is -2.25. The van der Waals surface area contributed by atoms with Crippen molar-refractivity contribution in [3.8, 4) is 0 Å². The fraction of sp³-hybridized carbons (Fsp3) is 0.312. The third-order valence-electron chi connectivity index (χ3n) is 3.54. The Morgan fingerprint density at radius 3 is 2.95 bits per heavy atom. The van der Waals surface area contributed by atoms with Crippen LogP contribution in [0, 0.1) is 0 Å². The third kappa shape index (κ3) is 2.47. The Kier molecular flexibility index (Phi) is 3.47. The minimum absolute atomic E-state index is 0.875. The molecule has 3 heteroatoms. The van der Waals surface area contributed by atoms with Gasteiger partial charge in [0.2, 0.25) is 0 Å². The molecular weight excluding hydrogens is 234 g/mol. The second kappa shape index (κ2) is 5.41. The van der Waals surface area contributed by atoms with Crippen LogP contribution in [0.5, 0.6) is 0 Å². The van der Waals surface area contributed by atoms with Crippen molar-refractivity contribution in [2.45, 2.75) is 13.0 Å². The average molecular weight is 253 g/mol. The smallest absolute Gasteiger partial charge is 0.129 e. The van der Waals surface area contributed by atoms with Gasteiger partial charge in [0.1, 0.15) is 5.82 Å².